The van der Waals surface area contributed by atoms with Gasteiger partial charge in [0.2, 0.25) is 5.91 Å². The molecule has 1 rings (SSSR count). The Kier molecular flexibility index (Phi) is 10.1. The quantitative estimate of drug-likeness (QED) is 0.367. The molecule has 1 amide bonds. The van der Waals surface area contributed by atoms with Crippen molar-refractivity contribution in [3.63, 3.8) is 0 Å². The Bertz CT molecular complexity index is 473. The van der Waals surface area contributed by atoms with Crippen molar-refractivity contribution in [3.8, 4) is 0 Å². The van der Waals surface area contributed by atoms with Gasteiger partial charge in [-0.25, -0.2) is 0 Å². The summed E-state index contributed by atoms with van der Waals surface area (Å²) in [5.41, 5.74) is 5.34. The number of nitrogens with two attached hydrogens (primary N) is 1. The van der Waals surface area contributed by atoms with Crippen molar-refractivity contribution in [2.24, 2.45) is 5.73 Å². The SMILES string of the molecule is CC(=O)N[C@H]1C(OCCOCCN)O[C@H](COC(C)=O)C[C@@H]1OC(C)=O. The summed E-state index contributed by atoms with van der Waals surface area (Å²) in [6.45, 7) is 5.17. The van der Waals surface area contributed by atoms with E-state index in [4.69, 9.17) is 29.4 Å². The highest BCUT2D eigenvalue weighted by atomic mass is 16.7. The molecule has 10 nitrogen and oxygen atoms in total. The van der Waals surface area contributed by atoms with Crippen LogP contribution in [0.3, 0.4) is 0 Å². The van der Waals surface area contributed by atoms with Crippen molar-refractivity contribution in [1.29, 1.82) is 0 Å². The van der Waals surface area contributed by atoms with E-state index < -0.39 is 36.5 Å². The van der Waals surface area contributed by atoms with E-state index in [9.17, 15) is 14.4 Å². The minimum Gasteiger partial charge on any atom is -0.463 e. The van der Waals surface area contributed by atoms with Gasteiger partial charge in [-0.15, -0.1) is 0 Å². The second-order valence-corrected chi connectivity index (χ2v) is 5.81. The van der Waals surface area contributed by atoms with Crippen LogP contribution < -0.4 is 11.1 Å². The van der Waals surface area contributed by atoms with Gasteiger partial charge >= 0.3 is 11.9 Å². The highest BCUT2D eigenvalue weighted by Gasteiger charge is 2.42. The Morgan fingerprint density at radius 2 is 1.85 bits per heavy atom. The second kappa shape index (κ2) is 11.8. The fraction of sp³-hybridized carbons (Fsp3) is 0.812. The molecule has 0 aromatic heterocycles. The van der Waals surface area contributed by atoms with Crippen molar-refractivity contribution in [2.75, 3.05) is 33.0 Å². The lowest BCUT2D eigenvalue weighted by Gasteiger charge is -2.40. The van der Waals surface area contributed by atoms with Gasteiger partial charge in [-0.2, -0.15) is 0 Å². The van der Waals surface area contributed by atoms with Crippen LogP contribution in [0, 0.1) is 0 Å². The molecular weight excluding hydrogens is 348 g/mol. The maximum atomic E-state index is 11.5. The Balaban J connectivity index is 2.78. The van der Waals surface area contributed by atoms with Crippen LogP contribution in [0.4, 0.5) is 0 Å². The Morgan fingerprint density at radius 1 is 1.12 bits per heavy atom. The van der Waals surface area contributed by atoms with Crippen molar-refractivity contribution in [3.05, 3.63) is 0 Å². The largest absolute Gasteiger partial charge is 0.463 e. The smallest absolute Gasteiger partial charge is 0.302 e. The number of hydrogen-bond acceptors (Lipinski definition) is 9. The first-order chi connectivity index (χ1) is 12.3. The molecule has 3 N–H and O–H groups in total. The molecule has 0 saturated carbocycles. The van der Waals surface area contributed by atoms with E-state index in [1.165, 1.54) is 20.8 Å². The predicted octanol–water partition coefficient (Wildman–Crippen LogP) is -0.907. The molecule has 0 aromatic rings. The molecule has 10 heteroatoms. The van der Waals surface area contributed by atoms with Crippen LogP contribution in [0.1, 0.15) is 27.2 Å². The van der Waals surface area contributed by atoms with Gasteiger partial charge < -0.3 is 34.7 Å². The first kappa shape index (κ1) is 22.3. The van der Waals surface area contributed by atoms with E-state index in [0.29, 0.717) is 13.2 Å². The lowest BCUT2D eigenvalue weighted by Crippen LogP contribution is -2.59. The molecule has 0 radical (unpaired) electrons. The zero-order chi connectivity index (χ0) is 19.5. The number of amides is 1. The summed E-state index contributed by atoms with van der Waals surface area (Å²) < 4.78 is 27.0. The lowest BCUT2D eigenvalue weighted by atomic mass is 9.99. The van der Waals surface area contributed by atoms with E-state index in [1.807, 2.05) is 0 Å². The van der Waals surface area contributed by atoms with E-state index in [-0.39, 0.29) is 32.1 Å². The van der Waals surface area contributed by atoms with Crippen LogP contribution in [-0.2, 0) is 38.1 Å². The first-order valence-electron chi connectivity index (χ1n) is 8.46. The fourth-order valence-corrected chi connectivity index (χ4v) is 2.51. The Morgan fingerprint density at radius 3 is 2.42 bits per heavy atom. The molecule has 26 heavy (non-hydrogen) atoms. The normalized spacial score (nSPS) is 25.4. The van der Waals surface area contributed by atoms with E-state index >= 15 is 0 Å². The van der Waals surface area contributed by atoms with Crippen LogP contribution >= 0.6 is 0 Å². The third-order valence-corrected chi connectivity index (χ3v) is 3.45. The molecule has 4 atom stereocenters. The topological polar surface area (TPSA) is 135 Å². The summed E-state index contributed by atoms with van der Waals surface area (Å²) >= 11 is 0. The number of esters is 2. The molecule has 0 aliphatic carbocycles. The number of carbonyl (C=O) groups is 3. The highest BCUT2D eigenvalue weighted by Crippen LogP contribution is 2.24. The van der Waals surface area contributed by atoms with Crippen molar-refractivity contribution in [1.82, 2.24) is 5.32 Å². The highest BCUT2D eigenvalue weighted by molar-refractivity contribution is 5.73. The lowest BCUT2D eigenvalue weighted by molar-refractivity contribution is -0.245. The molecule has 1 unspecified atom stereocenters. The third kappa shape index (κ3) is 8.56. The van der Waals surface area contributed by atoms with Crippen LogP contribution in [0.15, 0.2) is 0 Å². The van der Waals surface area contributed by atoms with E-state index in [0.717, 1.165) is 0 Å². The molecule has 1 heterocycles. The molecule has 0 bridgehead atoms. The Labute approximate surface area is 152 Å². The van der Waals surface area contributed by atoms with Gasteiger partial charge in [0, 0.05) is 33.7 Å². The second-order valence-electron chi connectivity index (χ2n) is 5.81. The molecule has 1 saturated heterocycles. The number of nitrogens with one attached hydrogen (secondary N) is 1. The van der Waals surface area contributed by atoms with Gasteiger partial charge in [0.25, 0.3) is 0 Å². The van der Waals surface area contributed by atoms with E-state index in [2.05, 4.69) is 5.32 Å². The summed E-state index contributed by atoms with van der Waals surface area (Å²) in [5.74, 6) is -1.26. The van der Waals surface area contributed by atoms with Gasteiger partial charge in [0.1, 0.15) is 18.8 Å². The maximum Gasteiger partial charge on any atom is 0.302 e. The van der Waals surface area contributed by atoms with Crippen LogP contribution in [0.5, 0.6) is 0 Å². The number of rotatable bonds is 10. The van der Waals surface area contributed by atoms with Crippen LogP contribution in [0.2, 0.25) is 0 Å². The van der Waals surface area contributed by atoms with Crippen molar-refractivity contribution < 1.29 is 38.1 Å². The zero-order valence-electron chi connectivity index (χ0n) is 15.4. The van der Waals surface area contributed by atoms with Gasteiger partial charge in [-0.3, -0.25) is 14.4 Å². The summed E-state index contributed by atoms with van der Waals surface area (Å²) in [5, 5.41) is 2.69. The summed E-state index contributed by atoms with van der Waals surface area (Å²) in [6, 6.07) is -0.695. The fourth-order valence-electron chi connectivity index (χ4n) is 2.51. The van der Waals surface area contributed by atoms with Gasteiger partial charge in [-0.1, -0.05) is 0 Å². The van der Waals surface area contributed by atoms with Gasteiger partial charge in [-0.05, 0) is 0 Å². The molecular formula is C16H28N2O8. The van der Waals surface area contributed by atoms with Crippen molar-refractivity contribution >= 4 is 17.8 Å². The number of carbonyl (C=O) groups excluding carboxylic acids is 3. The van der Waals surface area contributed by atoms with Crippen LogP contribution in [0.25, 0.3) is 0 Å². The Hall–Kier alpha value is -1.75. The summed E-state index contributed by atoms with van der Waals surface area (Å²) in [6.07, 6.45) is -1.86. The number of hydrogen-bond donors (Lipinski definition) is 2. The average molecular weight is 376 g/mol. The van der Waals surface area contributed by atoms with Crippen molar-refractivity contribution in [2.45, 2.75) is 51.7 Å². The zero-order valence-corrected chi connectivity index (χ0v) is 15.4. The third-order valence-electron chi connectivity index (χ3n) is 3.45. The van der Waals surface area contributed by atoms with Gasteiger partial charge in [0.15, 0.2) is 6.29 Å². The average Bonchev–Trinajstić information content (AvgIpc) is 2.54. The molecule has 1 aliphatic rings. The maximum absolute atomic E-state index is 11.5. The van der Waals surface area contributed by atoms with Crippen LogP contribution in [-0.4, -0.2) is 75.4 Å². The molecule has 1 aliphatic heterocycles. The monoisotopic (exact) mass is 376 g/mol. The summed E-state index contributed by atoms with van der Waals surface area (Å²) in [4.78, 5) is 34.0. The first-order valence-corrected chi connectivity index (χ1v) is 8.46. The minimum atomic E-state index is -0.890. The molecule has 150 valence electrons. The molecule has 0 aromatic carbocycles. The van der Waals surface area contributed by atoms with Gasteiger partial charge in [0.05, 0.1) is 25.9 Å². The molecule has 0 spiro atoms. The molecule has 1 fully saturated rings. The van der Waals surface area contributed by atoms with E-state index in [1.54, 1.807) is 0 Å². The number of ether oxygens (including phenoxy) is 5. The standard InChI is InChI=1S/C16H28N2O8/c1-10(19)18-15-14(25-12(3)21)8-13(9-24-11(2)20)26-16(15)23-7-6-22-5-4-17/h13-16H,4-9,17H2,1-3H3,(H,18,19)/t13-,14-,15+,16?/m0/s1. The minimum absolute atomic E-state index is 0.0105. The summed E-state index contributed by atoms with van der Waals surface area (Å²) in [7, 11) is 0. The predicted molar refractivity (Wildman–Crippen MR) is 88.9 cm³/mol.